The number of aromatic nitrogens is 3. The third-order valence-electron chi connectivity index (χ3n) is 6.13. The van der Waals surface area contributed by atoms with Crippen LogP contribution in [0.3, 0.4) is 0 Å². The van der Waals surface area contributed by atoms with Crippen molar-refractivity contribution in [1.82, 2.24) is 19.4 Å². The molecule has 2 aliphatic carbocycles. The van der Waals surface area contributed by atoms with E-state index in [4.69, 9.17) is 5.73 Å². The average molecular weight is 342 g/mol. The first-order valence-corrected chi connectivity index (χ1v) is 9.93. The van der Waals surface area contributed by atoms with Gasteiger partial charge in [0, 0.05) is 31.4 Å². The summed E-state index contributed by atoms with van der Waals surface area (Å²) in [4.78, 5) is 11.4. The summed E-state index contributed by atoms with van der Waals surface area (Å²) in [6.45, 7) is 7.22. The van der Waals surface area contributed by atoms with Gasteiger partial charge in [-0.15, -0.1) is 0 Å². The Kier molecular flexibility index (Phi) is 4.67. The van der Waals surface area contributed by atoms with Crippen molar-refractivity contribution in [1.29, 1.82) is 0 Å². The van der Waals surface area contributed by atoms with Crippen LogP contribution in [-0.2, 0) is 0 Å². The smallest absolute Gasteiger partial charge is 0.145 e. The number of nitrogens with zero attached hydrogens (tertiary/aromatic N) is 4. The van der Waals surface area contributed by atoms with Crippen molar-refractivity contribution in [2.75, 3.05) is 18.8 Å². The van der Waals surface area contributed by atoms with E-state index in [0.717, 1.165) is 28.9 Å². The molecule has 0 aliphatic heterocycles. The summed E-state index contributed by atoms with van der Waals surface area (Å²) in [6, 6.07) is 3.47. The molecule has 5 nitrogen and oxygen atoms in total. The summed E-state index contributed by atoms with van der Waals surface area (Å²) in [5.74, 6) is 2.15. The van der Waals surface area contributed by atoms with Crippen LogP contribution in [0.15, 0.2) is 18.6 Å². The number of anilines is 1. The Bertz CT molecular complexity index is 718. The molecule has 0 amide bonds. The van der Waals surface area contributed by atoms with Gasteiger partial charge in [-0.3, -0.25) is 4.90 Å². The molecule has 0 spiro atoms. The lowest BCUT2D eigenvalue weighted by Crippen LogP contribution is -2.44. The van der Waals surface area contributed by atoms with Gasteiger partial charge in [-0.2, -0.15) is 0 Å². The molecule has 2 atom stereocenters. The van der Waals surface area contributed by atoms with Crippen LogP contribution in [-0.4, -0.2) is 38.6 Å². The lowest BCUT2D eigenvalue weighted by atomic mass is 9.89. The molecule has 2 heterocycles. The normalized spacial score (nSPS) is 24.5. The minimum Gasteiger partial charge on any atom is -0.383 e. The minimum atomic E-state index is 0.555. The molecule has 2 saturated carbocycles. The summed E-state index contributed by atoms with van der Waals surface area (Å²) < 4.78 is 2.34. The van der Waals surface area contributed by atoms with Gasteiger partial charge in [0.1, 0.15) is 17.8 Å². The first kappa shape index (κ1) is 16.8. The van der Waals surface area contributed by atoms with Gasteiger partial charge in [-0.25, -0.2) is 9.97 Å². The predicted molar refractivity (Wildman–Crippen MR) is 102 cm³/mol. The average Bonchev–Trinajstić information content (AvgIpc) is 3.11. The van der Waals surface area contributed by atoms with E-state index in [0.29, 0.717) is 11.9 Å². The second-order valence-electron chi connectivity index (χ2n) is 8.48. The fraction of sp³-hybridized carbons (Fsp3) is 0.700. The molecule has 4 rings (SSSR count). The molecule has 136 valence electrons. The standard InChI is InChI=1S/C20H31N5/c1-14(2)11-24(16-4-3-5-16)12-15-6-7-17(10-15)25-9-8-18-19(21)22-13-23-20(18)25/h8-9,13-17H,3-7,10-12H2,1-2H3,(H2,21,22,23). The first-order chi connectivity index (χ1) is 12.1. The third kappa shape index (κ3) is 3.39. The van der Waals surface area contributed by atoms with Crippen molar-refractivity contribution < 1.29 is 0 Å². The molecular weight excluding hydrogens is 310 g/mol. The van der Waals surface area contributed by atoms with Crippen LogP contribution >= 0.6 is 0 Å². The summed E-state index contributed by atoms with van der Waals surface area (Å²) in [5.41, 5.74) is 6.99. The van der Waals surface area contributed by atoms with E-state index in [1.165, 1.54) is 51.6 Å². The predicted octanol–water partition coefficient (Wildman–Crippen LogP) is 3.87. The maximum absolute atomic E-state index is 5.99. The van der Waals surface area contributed by atoms with Gasteiger partial charge < -0.3 is 10.3 Å². The van der Waals surface area contributed by atoms with E-state index in [1.807, 2.05) is 0 Å². The van der Waals surface area contributed by atoms with Gasteiger partial charge in [-0.05, 0) is 50.0 Å². The van der Waals surface area contributed by atoms with E-state index in [1.54, 1.807) is 6.33 Å². The molecule has 25 heavy (non-hydrogen) atoms. The summed E-state index contributed by atoms with van der Waals surface area (Å²) in [7, 11) is 0. The van der Waals surface area contributed by atoms with E-state index in [2.05, 4.69) is 45.5 Å². The SMILES string of the molecule is CC(C)CN(CC1CCC(n2ccc3c(N)ncnc32)C1)C1CCC1. The highest BCUT2D eigenvalue weighted by Crippen LogP contribution is 2.38. The summed E-state index contributed by atoms with van der Waals surface area (Å²) in [6.07, 6.45) is 11.8. The highest BCUT2D eigenvalue weighted by atomic mass is 15.2. The van der Waals surface area contributed by atoms with Crippen LogP contribution in [0.1, 0.15) is 58.4 Å². The quantitative estimate of drug-likeness (QED) is 0.866. The Hall–Kier alpha value is -1.62. The Balaban J connectivity index is 1.44. The fourth-order valence-corrected chi connectivity index (χ4v) is 4.68. The van der Waals surface area contributed by atoms with E-state index in [9.17, 15) is 0 Å². The van der Waals surface area contributed by atoms with Gasteiger partial charge >= 0.3 is 0 Å². The lowest BCUT2D eigenvalue weighted by molar-refractivity contribution is 0.0943. The number of nitrogens with two attached hydrogens (primary N) is 1. The number of nitrogen functional groups attached to an aromatic ring is 1. The monoisotopic (exact) mass is 341 g/mol. The maximum atomic E-state index is 5.99. The van der Waals surface area contributed by atoms with Gasteiger partial charge in [0.25, 0.3) is 0 Å². The van der Waals surface area contributed by atoms with Crippen molar-refractivity contribution in [3.8, 4) is 0 Å². The van der Waals surface area contributed by atoms with Crippen LogP contribution < -0.4 is 5.73 Å². The van der Waals surface area contributed by atoms with Gasteiger partial charge in [0.15, 0.2) is 0 Å². The molecule has 2 aliphatic rings. The van der Waals surface area contributed by atoms with Crippen molar-refractivity contribution in [2.45, 2.75) is 64.5 Å². The van der Waals surface area contributed by atoms with Crippen LogP contribution in [0.25, 0.3) is 11.0 Å². The topological polar surface area (TPSA) is 60.0 Å². The first-order valence-electron chi connectivity index (χ1n) is 9.93. The van der Waals surface area contributed by atoms with Gasteiger partial charge in [0.05, 0.1) is 5.39 Å². The molecule has 0 radical (unpaired) electrons. The van der Waals surface area contributed by atoms with Crippen LogP contribution in [0, 0.1) is 11.8 Å². The molecule has 2 fully saturated rings. The Morgan fingerprint density at radius 1 is 1.24 bits per heavy atom. The highest BCUT2D eigenvalue weighted by molar-refractivity contribution is 5.86. The molecule has 0 aromatic carbocycles. The zero-order valence-electron chi connectivity index (χ0n) is 15.6. The van der Waals surface area contributed by atoms with Gasteiger partial charge in [0.2, 0.25) is 0 Å². The van der Waals surface area contributed by atoms with E-state index < -0.39 is 0 Å². The highest BCUT2D eigenvalue weighted by Gasteiger charge is 2.32. The van der Waals surface area contributed by atoms with Crippen molar-refractivity contribution in [2.24, 2.45) is 11.8 Å². The summed E-state index contributed by atoms with van der Waals surface area (Å²) >= 11 is 0. The Morgan fingerprint density at radius 2 is 2.08 bits per heavy atom. The van der Waals surface area contributed by atoms with Crippen molar-refractivity contribution >= 4 is 16.9 Å². The molecule has 2 aromatic rings. The Morgan fingerprint density at radius 3 is 2.80 bits per heavy atom. The third-order valence-corrected chi connectivity index (χ3v) is 6.13. The zero-order chi connectivity index (χ0) is 17.4. The lowest BCUT2D eigenvalue weighted by Gasteiger charge is -2.40. The summed E-state index contributed by atoms with van der Waals surface area (Å²) in [5, 5.41) is 0.988. The minimum absolute atomic E-state index is 0.555. The van der Waals surface area contributed by atoms with Crippen LogP contribution in [0.5, 0.6) is 0 Å². The molecule has 0 saturated heterocycles. The molecule has 2 aromatic heterocycles. The van der Waals surface area contributed by atoms with Gasteiger partial charge in [-0.1, -0.05) is 20.3 Å². The number of hydrogen-bond donors (Lipinski definition) is 1. The number of rotatable bonds is 6. The molecular formula is C20H31N5. The molecule has 0 bridgehead atoms. The van der Waals surface area contributed by atoms with Crippen LogP contribution in [0.2, 0.25) is 0 Å². The van der Waals surface area contributed by atoms with E-state index >= 15 is 0 Å². The second-order valence-corrected chi connectivity index (χ2v) is 8.48. The molecule has 2 N–H and O–H groups in total. The van der Waals surface area contributed by atoms with Crippen LogP contribution in [0.4, 0.5) is 5.82 Å². The number of hydrogen-bond acceptors (Lipinski definition) is 4. The van der Waals surface area contributed by atoms with E-state index in [-0.39, 0.29) is 0 Å². The number of fused-ring (bicyclic) bond motifs is 1. The second kappa shape index (κ2) is 6.94. The fourth-order valence-electron chi connectivity index (χ4n) is 4.68. The van der Waals surface area contributed by atoms with Crippen molar-refractivity contribution in [3.05, 3.63) is 18.6 Å². The zero-order valence-corrected chi connectivity index (χ0v) is 15.6. The molecule has 5 heteroatoms. The Labute approximate surface area is 150 Å². The molecule has 2 unspecified atom stereocenters. The maximum Gasteiger partial charge on any atom is 0.145 e. The van der Waals surface area contributed by atoms with Crippen molar-refractivity contribution in [3.63, 3.8) is 0 Å². The largest absolute Gasteiger partial charge is 0.383 e.